The zero-order chi connectivity index (χ0) is 12.4. The third-order valence-corrected chi connectivity index (χ3v) is 4.22. The van der Waals surface area contributed by atoms with Gasteiger partial charge in [-0.15, -0.1) is 11.3 Å². The van der Waals surface area contributed by atoms with E-state index in [9.17, 15) is 5.11 Å². The molecule has 18 heavy (non-hydrogen) atoms. The Balaban J connectivity index is 1.66. The molecule has 1 aliphatic rings. The van der Waals surface area contributed by atoms with E-state index in [0.29, 0.717) is 24.1 Å². The second-order valence-corrected chi connectivity index (χ2v) is 5.58. The summed E-state index contributed by atoms with van der Waals surface area (Å²) in [5.41, 5.74) is 1.73. The third kappa shape index (κ3) is 2.44. The van der Waals surface area contributed by atoms with Gasteiger partial charge in [0.05, 0.1) is 22.9 Å². The number of hydrogen-bond acceptors (Lipinski definition) is 6. The van der Waals surface area contributed by atoms with Gasteiger partial charge in [-0.1, -0.05) is 18.0 Å². The molecule has 5 nitrogen and oxygen atoms in total. The maximum atomic E-state index is 10.1. The van der Waals surface area contributed by atoms with E-state index < -0.39 is 0 Å². The number of rotatable bonds is 4. The van der Waals surface area contributed by atoms with Crippen molar-refractivity contribution < 1.29 is 9.63 Å². The van der Waals surface area contributed by atoms with E-state index in [0.717, 1.165) is 17.7 Å². The number of hydrogen-bond donors (Lipinski definition) is 1. The molecule has 2 heterocycles. The molecule has 2 aromatic rings. The Morgan fingerprint density at radius 2 is 2.28 bits per heavy atom. The Labute approximate surface area is 109 Å². The van der Waals surface area contributed by atoms with Gasteiger partial charge < -0.3 is 9.63 Å². The molecule has 0 bridgehead atoms. The van der Waals surface area contributed by atoms with E-state index >= 15 is 0 Å². The number of aliphatic hydroxyl groups is 1. The highest BCUT2D eigenvalue weighted by molar-refractivity contribution is 7.13. The van der Waals surface area contributed by atoms with Gasteiger partial charge in [-0.2, -0.15) is 4.98 Å². The molecule has 0 amide bonds. The number of nitrogens with zero attached hydrogens (tertiary/aromatic N) is 3. The number of aliphatic hydroxyl groups excluding tert-OH is 1. The zero-order valence-corrected chi connectivity index (χ0v) is 10.8. The molecule has 0 saturated heterocycles. The van der Waals surface area contributed by atoms with Crippen LogP contribution in [-0.2, 0) is 6.42 Å². The Kier molecular flexibility index (Phi) is 3.38. The normalized spacial score (nSPS) is 18.3. The summed E-state index contributed by atoms with van der Waals surface area (Å²) in [6, 6.07) is 0. The minimum Gasteiger partial charge on any atom is -0.392 e. The fraction of sp³-hybridized carbons (Fsp3) is 0.583. The van der Waals surface area contributed by atoms with Crippen molar-refractivity contribution in [2.75, 3.05) is 0 Å². The van der Waals surface area contributed by atoms with Crippen molar-refractivity contribution in [1.82, 2.24) is 15.1 Å². The largest absolute Gasteiger partial charge is 0.392 e. The average molecular weight is 265 g/mol. The van der Waals surface area contributed by atoms with Crippen LogP contribution in [0.4, 0.5) is 0 Å². The minimum absolute atomic E-state index is 0.359. The summed E-state index contributed by atoms with van der Waals surface area (Å²) in [5.74, 6) is 1.47. The van der Waals surface area contributed by atoms with Crippen LogP contribution in [0.15, 0.2) is 16.2 Å². The number of thiazole rings is 1. The molecule has 96 valence electrons. The van der Waals surface area contributed by atoms with Gasteiger partial charge in [0.1, 0.15) is 0 Å². The lowest BCUT2D eigenvalue weighted by Crippen LogP contribution is -2.20. The van der Waals surface area contributed by atoms with Crippen LogP contribution >= 0.6 is 11.3 Å². The van der Waals surface area contributed by atoms with Crippen LogP contribution in [0.3, 0.4) is 0 Å². The highest BCUT2D eigenvalue weighted by Crippen LogP contribution is 2.29. The lowest BCUT2D eigenvalue weighted by Gasteiger charge is -2.14. The van der Waals surface area contributed by atoms with Crippen molar-refractivity contribution in [2.24, 2.45) is 5.92 Å². The summed E-state index contributed by atoms with van der Waals surface area (Å²) in [6.07, 6.45) is 6.47. The average Bonchev–Trinajstić information content (AvgIpc) is 3.12. The van der Waals surface area contributed by atoms with E-state index in [1.165, 1.54) is 24.2 Å². The van der Waals surface area contributed by atoms with Crippen LogP contribution < -0.4 is 0 Å². The molecular formula is C12H15N3O2S. The lowest BCUT2D eigenvalue weighted by molar-refractivity contribution is 0.102. The van der Waals surface area contributed by atoms with Crippen LogP contribution in [0, 0.1) is 5.92 Å². The van der Waals surface area contributed by atoms with Crippen molar-refractivity contribution in [3.63, 3.8) is 0 Å². The summed E-state index contributed by atoms with van der Waals surface area (Å²) in [7, 11) is 0. The fourth-order valence-corrected chi connectivity index (χ4v) is 3.00. The smallest absolute Gasteiger partial charge is 0.229 e. The first-order valence-electron chi connectivity index (χ1n) is 6.22. The van der Waals surface area contributed by atoms with Crippen molar-refractivity contribution in [1.29, 1.82) is 0 Å². The van der Waals surface area contributed by atoms with E-state index in [1.807, 2.05) is 0 Å². The third-order valence-electron chi connectivity index (χ3n) is 3.45. The molecule has 1 atom stereocenters. The van der Waals surface area contributed by atoms with Gasteiger partial charge in [0, 0.05) is 6.20 Å². The summed E-state index contributed by atoms with van der Waals surface area (Å²) in [4.78, 5) is 9.17. The van der Waals surface area contributed by atoms with E-state index in [1.54, 1.807) is 11.7 Å². The SMILES string of the molecule is OC(Cc1nc(-c2cncs2)no1)C1CCCC1. The van der Waals surface area contributed by atoms with Gasteiger partial charge in [-0.25, -0.2) is 0 Å². The van der Waals surface area contributed by atoms with Crippen molar-refractivity contribution in [2.45, 2.75) is 38.2 Å². The van der Waals surface area contributed by atoms with E-state index in [2.05, 4.69) is 15.1 Å². The molecule has 1 N–H and O–H groups in total. The van der Waals surface area contributed by atoms with Crippen LogP contribution in [0.25, 0.3) is 10.7 Å². The lowest BCUT2D eigenvalue weighted by atomic mass is 9.98. The van der Waals surface area contributed by atoms with Gasteiger partial charge in [-0.3, -0.25) is 4.98 Å². The van der Waals surface area contributed by atoms with Gasteiger partial charge in [0.25, 0.3) is 0 Å². The molecule has 0 radical (unpaired) electrons. The first kappa shape index (κ1) is 11.8. The maximum absolute atomic E-state index is 10.1. The van der Waals surface area contributed by atoms with Crippen molar-refractivity contribution >= 4 is 11.3 Å². The van der Waals surface area contributed by atoms with Gasteiger partial charge in [0.2, 0.25) is 11.7 Å². The van der Waals surface area contributed by atoms with Crippen LogP contribution in [0.5, 0.6) is 0 Å². The van der Waals surface area contributed by atoms with Crippen LogP contribution in [-0.4, -0.2) is 26.3 Å². The first-order valence-corrected chi connectivity index (χ1v) is 7.10. The van der Waals surface area contributed by atoms with E-state index in [4.69, 9.17) is 4.52 Å². The van der Waals surface area contributed by atoms with Crippen LogP contribution in [0.2, 0.25) is 0 Å². The van der Waals surface area contributed by atoms with E-state index in [-0.39, 0.29) is 6.10 Å². The molecule has 0 spiro atoms. The van der Waals surface area contributed by atoms with Gasteiger partial charge in [0.15, 0.2) is 0 Å². The summed E-state index contributed by atoms with van der Waals surface area (Å²) in [6.45, 7) is 0. The molecule has 3 rings (SSSR count). The highest BCUT2D eigenvalue weighted by Gasteiger charge is 2.25. The molecular weight excluding hydrogens is 250 g/mol. The topological polar surface area (TPSA) is 72.0 Å². The molecule has 0 aromatic carbocycles. The summed E-state index contributed by atoms with van der Waals surface area (Å²) < 4.78 is 5.18. The summed E-state index contributed by atoms with van der Waals surface area (Å²) >= 11 is 1.47. The molecule has 1 aliphatic carbocycles. The predicted molar refractivity (Wildman–Crippen MR) is 67.1 cm³/mol. The molecule has 1 unspecified atom stereocenters. The quantitative estimate of drug-likeness (QED) is 0.918. The predicted octanol–water partition coefficient (Wildman–Crippen LogP) is 2.29. The zero-order valence-electron chi connectivity index (χ0n) is 9.95. The second kappa shape index (κ2) is 5.16. The Hall–Kier alpha value is -1.27. The molecule has 0 aliphatic heterocycles. The maximum Gasteiger partial charge on any atom is 0.229 e. The second-order valence-electron chi connectivity index (χ2n) is 4.69. The fourth-order valence-electron chi connectivity index (χ4n) is 2.45. The molecule has 6 heteroatoms. The Bertz CT molecular complexity index is 491. The molecule has 2 aromatic heterocycles. The Morgan fingerprint density at radius 3 is 3.00 bits per heavy atom. The van der Waals surface area contributed by atoms with Gasteiger partial charge in [-0.05, 0) is 18.8 Å². The molecule has 1 saturated carbocycles. The highest BCUT2D eigenvalue weighted by atomic mass is 32.1. The van der Waals surface area contributed by atoms with Crippen molar-refractivity contribution in [3.8, 4) is 10.7 Å². The first-order chi connectivity index (χ1) is 8.83. The standard InChI is InChI=1S/C12H15N3O2S/c16-9(8-3-1-2-4-8)5-11-14-12(15-17-11)10-6-13-7-18-10/h6-9,16H,1-5H2. The van der Waals surface area contributed by atoms with Crippen LogP contribution in [0.1, 0.15) is 31.6 Å². The summed E-state index contributed by atoms with van der Waals surface area (Å²) in [5, 5.41) is 14.0. The van der Waals surface area contributed by atoms with Gasteiger partial charge >= 0.3 is 0 Å². The van der Waals surface area contributed by atoms with Crippen molar-refractivity contribution in [3.05, 3.63) is 17.6 Å². The minimum atomic E-state index is -0.359. The Morgan fingerprint density at radius 1 is 1.44 bits per heavy atom. The number of aromatic nitrogens is 3. The monoisotopic (exact) mass is 265 g/mol. The molecule has 1 fully saturated rings.